The van der Waals surface area contributed by atoms with Gasteiger partial charge in [0.25, 0.3) is 0 Å². The van der Waals surface area contributed by atoms with E-state index in [1.807, 2.05) is 32.0 Å². The number of nitrogens with zero attached hydrogens (tertiary/aromatic N) is 1. The lowest BCUT2D eigenvalue weighted by Gasteiger charge is -2.34. The molecule has 1 N–H and O–H groups in total. The van der Waals surface area contributed by atoms with E-state index in [4.69, 9.17) is 4.74 Å². The maximum atomic E-state index is 13.0. The summed E-state index contributed by atoms with van der Waals surface area (Å²) in [7, 11) is 0. The fraction of sp³-hybridized carbons (Fsp3) is 0.690. The van der Waals surface area contributed by atoms with Crippen molar-refractivity contribution < 1.29 is 19.1 Å². The molecule has 0 saturated carbocycles. The first-order chi connectivity index (χ1) is 16.8. The van der Waals surface area contributed by atoms with Gasteiger partial charge in [0.05, 0.1) is 6.61 Å². The molecule has 3 unspecified atom stereocenters. The molecule has 6 heteroatoms. The van der Waals surface area contributed by atoms with E-state index in [9.17, 15) is 14.4 Å². The zero-order valence-electron chi connectivity index (χ0n) is 22.5. The predicted octanol–water partition coefficient (Wildman–Crippen LogP) is 6.33. The van der Waals surface area contributed by atoms with Crippen LogP contribution in [0.1, 0.15) is 104 Å². The highest BCUT2D eigenvalue weighted by Crippen LogP contribution is 2.30. The van der Waals surface area contributed by atoms with E-state index >= 15 is 0 Å². The standard InChI is InChI=1S/C29H46N2O4/c1-6-10-23(14-13-21(4)8-3)12-9-19-35-24-15-16-25(22(5)20-24)31(28(33)11-7-2)26-17-18-27(32)30-29(26)34/h15-16,20-21,23,26H,6-14,17-19H2,1-5H3,(H,30,32,34). The van der Waals surface area contributed by atoms with Crippen LogP contribution < -0.4 is 15.0 Å². The molecular weight excluding hydrogens is 440 g/mol. The molecule has 6 nitrogen and oxygen atoms in total. The predicted molar refractivity (Wildman–Crippen MR) is 142 cm³/mol. The summed E-state index contributed by atoms with van der Waals surface area (Å²) in [5.41, 5.74) is 1.59. The third-order valence-corrected chi connectivity index (χ3v) is 7.17. The van der Waals surface area contributed by atoms with Crippen LogP contribution >= 0.6 is 0 Å². The molecule has 1 aromatic rings. The molecule has 1 heterocycles. The summed E-state index contributed by atoms with van der Waals surface area (Å²) in [6, 6.07) is 5.03. The Hall–Kier alpha value is -2.37. The van der Waals surface area contributed by atoms with E-state index in [1.54, 1.807) is 4.90 Å². The van der Waals surface area contributed by atoms with Crippen molar-refractivity contribution in [3.05, 3.63) is 23.8 Å². The molecule has 3 amide bonds. The van der Waals surface area contributed by atoms with Gasteiger partial charge in [-0.3, -0.25) is 24.6 Å². The molecule has 0 bridgehead atoms. The minimum absolute atomic E-state index is 0.0990. The molecule has 1 aliphatic rings. The molecule has 0 radical (unpaired) electrons. The second kappa shape index (κ2) is 14.9. The minimum atomic E-state index is -0.664. The van der Waals surface area contributed by atoms with Gasteiger partial charge in [-0.05, 0) is 68.2 Å². The van der Waals surface area contributed by atoms with Crippen LogP contribution in [0.2, 0.25) is 0 Å². The van der Waals surface area contributed by atoms with E-state index in [0.29, 0.717) is 31.6 Å². The van der Waals surface area contributed by atoms with Gasteiger partial charge in [0, 0.05) is 18.5 Å². The normalized spacial score (nSPS) is 17.6. The number of hydrogen-bond donors (Lipinski definition) is 1. The van der Waals surface area contributed by atoms with Gasteiger partial charge in [-0.1, -0.05) is 59.8 Å². The largest absolute Gasteiger partial charge is 0.494 e. The molecule has 1 aliphatic heterocycles. The first kappa shape index (κ1) is 28.9. The van der Waals surface area contributed by atoms with Gasteiger partial charge >= 0.3 is 0 Å². The van der Waals surface area contributed by atoms with Crippen molar-refractivity contribution in [2.45, 2.75) is 111 Å². The number of nitrogens with one attached hydrogen (secondary N) is 1. The maximum absolute atomic E-state index is 13.0. The Balaban J connectivity index is 2.00. The molecule has 0 aromatic heterocycles. The monoisotopic (exact) mass is 486 g/mol. The van der Waals surface area contributed by atoms with Crippen molar-refractivity contribution in [3.63, 3.8) is 0 Å². The van der Waals surface area contributed by atoms with Crippen molar-refractivity contribution in [2.75, 3.05) is 11.5 Å². The van der Waals surface area contributed by atoms with Crippen LogP contribution in [0.4, 0.5) is 5.69 Å². The highest BCUT2D eigenvalue weighted by atomic mass is 16.5. The number of piperidine rings is 1. The first-order valence-corrected chi connectivity index (χ1v) is 13.7. The number of aryl methyl sites for hydroxylation is 1. The van der Waals surface area contributed by atoms with Crippen LogP contribution in [0.3, 0.4) is 0 Å². The second-order valence-corrected chi connectivity index (χ2v) is 10.2. The maximum Gasteiger partial charge on any atom is 0.249 e. The number of imide groups is 1. The number of rotatable bonds is 15. The summed E-state index contributed by atoms with van der Waals surface area (Å²) in [5, 5.41) is 2.38. The fourth-order valence-electron chi connectivity index (χ4n) is 4.85. The molecule has 0 spiro atoms. The van der Waals surface area contributed by atoms with Gasteiger partial charge in [0.2, 0.25) is 17.7 Å². The lowest BCUT2D eigenvalue weighted by atomic mass is 9.89. The molecule has 3 atom stereocenters. The number of ether oxygens (including phenoxy) is 1. The lowest BCUT2D eigenvalue weighted by molar-refractivity contribution is -0.135. The van der Waals surface area contributed by atoms with Crippen LogP contribution in [-0.2, 0) is 14.4 Å². The van der Waals surface area contributed by atoms with Crippen molar-refractivity contribution >= 4 is 23.4 Å². The number of amides is 3. The Morgan fingerprint density at radius 2 is 1.89 bits per heavy atom. The molecule has 196 valence electrons. The molecular formula is C29H46N2O4. The molecule has 1 aromatic carbocycles. The highest BCUT2D eigenvalue weighted by Gasteiger charge is 2.35. The molecule has 35 heavy (non-hydrogen) atoms. The summed E-state index contributed by atoms with van der Waals surface area (Å²) in [6.45, 7) is 11.4. The molecule has 1 fully saturated rings. The summed E-state index contributed by atoms with van der Waals surface area (Å²) >= 11 is 0. The Morgan fingerprint density at radius 3 is 2.51 bits per heavy atom. The van der Waals surface area contributed by atoms with Crippen LogP contribution in [0.15, 0.2) is 18.2 Å². The quantitative estimate of drug-likeness (QED) is 0.232. The number of hydrogen-bond acceptors (Lipinski definition) is 4. The third-order valence-electron chi connectivity index (χ3n) is 7.17. The Bertz CT molecular complexity index is 838. The van der Waals surface area contributed by atoms with Crippen LogP contribution in [0, 0.1) is 18.8 Å². The summed E-state index contributed by atoms with van der Waals surface area (Å²) in [5.74, 6) is 1.57. The SMILES string of the molecule is CCCC(=O)N(c1ccc(OCCCC(CCC)CCC(C)CC)cc1C)C1CCC(=O)NC1=O. The van der Waals surface area contributed by atoms with Crippen LogP contribution in [-0.4, -0.2) is 30.4 Å². The van der Waals surface area contributed by atoms with Gasteiger partial charge in [-0.2, -0.15) is 0 Å². The zero-order chi connectivity index (χ0) is 25.8. The van der Waals surface area contributed by atoms with E-state index in [2.05, 4.69) is 26.1 Å². The molecule has 0 aliphatic carbocycles. The van der Waals surface area contributed by atoms with E-state index in [-0.39, 0.29) is 18.2 Å². The second-order valence-electron chi connectivity index (χ2n) is 10.2. The summed E-state index contributed by atoms with van der Waals surface area (Å²) in [4.78, 5) is 38.7. The van der Waals surface area contributed by atoms with E-state index in [0.717, 1.165) is 29.6 Å². The number of anilines is 1. The zero-order valence-corrected chi connectivity index (χ0v) is 22.5. The van der Waals surface area contributed by atoms with E-state index < -0.39 is 11.9 Å². The Labute approximate surface area is 212 Å². The summed E-state index contributed by atoms with van der Waals surface area (Å²) in [6.07, 6.45) is 10.2. The minimum Gasteiger partial charge on any atom is -0.494 e. The first-order valence-electron chi connectivity index (χ1n) is 13.7. The van der Waals surface area contributed by atoms with Crippen molar-refractivity contribution in [3.8, 4) is 5.75 Å². The van der Waals surface area contributed by atoms with Crippen LogP contribution in [0.5, 0.6) is 5.75 Å². The highest BCUT2D eigenvalue weighted by molar-refractivity contribution is 6.07. The number of carbonyl (C=O) groups is 3. The Morgan fingerprint density at radius 1 is 1.11 bits per heavy atom. The average molecular weight is 487 g/mol. The fourth-order valence-corrected chi connectivity index (χ4v) is 4.85. The molecule has 2 rings (SSSR count). The number of benzene rings is 1. The smallest absolute Gasteiger partial charge is 0.249 e. The van der Waals surface area contributed by atoms with Gasteiger partial charge in [0.1, 0.15) is 11.8 Å². The topological polar surface area (TPSA) is 75.7 Å². The third kappa shape index (κ3) is 8.97. The average Bonchev–Trinajstić information content (AvgIpc) is 2.82. The lowest BCUT2D eigenvalue weighted by Crippen LogP contribution is -2.54. The van der Waals surface area contributed by atoms with Gasteiger partial charge < -0.3 is 4.74 Å². The van der Waals surface area contributed by atoms with Crippen molar-refractivity contribution in [2.24, 2.45) is 11.8 Å². The number of carbonyl (C=O) groups excluding carboxylic acids is 3. The van der Waals surface area contributed by atoms with Gasteiger partial charge in [0.15, 0.2) is 0 Å². The Kier molecular flexibility index (Phi) is 12.3. The van der Waals surface area contributed by atoms with E-state index in [1.165, 1.54) is 38.5 Å². The summed E-state index contributed by atoms with van der Waals surface area (Å²) < 4.78 is 6.06. The van der Waals surface area contributed by atoms with Crippen molar-refractivity contribution in [1.82, 2.24) is 5.32 Å². The van der Waals surface area contributed by atoms with Gasteiger partial charge in [-0.25, -0.2) is 0 Å². The van der Waals surface area contributed by atoms with Crippen molar-refractivity contribution in [1.29, 1.82) is 0 Å². The molecule has 1 saturated heterocycles. The van der Waals surface area contributed by atoms with Gasteiger partial charge in [-0.15, -0.1) is 0 Å². The van der Waals surface area contributed by atoms with Crippen LogP contribution in [0.25, 0.3) is 0 Å².